The van der Waals surface area contributed by atoms with Crippen LogP contribution < -0.4 is 5.32 Å². The van der Waals surface area contributed by atoms with Gasteiger partial charge in [0.05, 0.1) is 0 Å². The lowest BCUT2D eigenvalue weighted by atomic mass is 10.1. The molecule has 0 spiro atoms. The van der Waals surface area contributed by atoms with Crippen LogP contribution in [0.5, 0.6) is 0 Å². The summed E-state index contributed by atoms with van der Waals surface area (Å²) in [5, 5.41) is 7.62. The molecule has 1 N–H and O–H groups in total. The highest BCUT2D eigenvalue weighted by molar-refractivity contribution is 5.48. The lowest BCUT2D eigenvalue weighted by molar-refractivity contribution is 0.625. The van der Waals surface area contributed by atoms with E-state index in [4.69, 9.17) is 0 Å². The second-order valence-electron chi connectivity index (χ2n) is 5.40. The van der Waals surface area contributed by atoms with Crippen LogP contribution >= 0.6 is 0 Å². The summed E-state index contributed by atoms with van der Waals surface area (Å²) >= 11 is 0. The summed E-state index contributed by atoms with van der Waals surface area (Å²) in [5.41, 5.74) is 1.93. The molecule has 2 aromatic heterocycles. The van der Waals surface area contributed by atoms with Gasteiger partial charge in [0.15, 0.2) is 0 Å². The molecule has 1 aromatic carbocycles. The largest absolute Gasteiger partial charge is 0.366 e. The number of hydrogen-bond acceptors (Lipinski definition) is 4. The summed E-state index contributed by atoms with van der Waals surface area (Å²) in [7, 11) is 0. The monoisotopic (exact) mass is 283 g/mol. The van der Waals surface area contributed by atoms with Gasteiger partial charge < -0.3 is 5.32 Å². The fourth-order valence-corrected chi connectivity index (χ4v) is 2.68. The highest BCUT2D eigenvalue weighted by Crippen LogP contribution is 2.42. The van der Waals surface area contributed by atoms with Crippen molar-refractivity contribution in [1.29, 1.82) is 0 Å². The summed E-state index contributed by atoms with van der Waals surface area (Å²) in [6.45, 7) is 1.93. The number of aromatic nitrogens is 4. The zero-order valence-electron chi connectivity index (χ0n) is 11.5. The number of hydrogen-bond donors (Lipinski definition) is 1. The number of nitrogens with one attached hydrogen (secondary N) is 1. The van der Waals surface area contributed by atoms with Crippen molar-refractivity contribution < 1.29 is 4.39 Å². The first kappa shape index (κ1) is 12.3. The number of anilines is 1. The van der Waals surface area contributed by atoms with Crippen molar-refractivity contribution in [2.45, 2.75) is 25.3 Å². The molecule has 2 atom stereocenters. The van der Waals surface area contributed by atoms with E-state index in [1.54, 1.807) is 16.6 Å². The molecule has 106 valence electrons. The molecule has 5 nitrogen and oxygen atoms in total. The van der Waals surface area contributed by atoms with Gasteiger partial charge in [0.2, 0.25) is 0 Å². The van der Waals surface area contributed by atoms with Crippen LogP contribution in [0.15, 0.2) is 36.7 Å². The van der Waals surface area contributed by atoms with Gasteiger partial charge in [-0.05, 0) is 31.0 Å². The van der Waals surface area contributed by atoms with E-state index in [2.05, 4.69) is 20.4 Å². The lowest BCUT2D eigenvalue weighted by Gasteiger charge is -2.08. The van der Waals surface area contributed by atoms with Gasteiger partial charge in [-0.15, -0.1) is 0 Å². The Hall–Kier alpha value is -2.50. The minimum Gasteiger partial charge on any atom is -0.366 e. The number of halogens is 1. The quantitative estimate of drug-likeness (QED) is 0.802. The van der Waals surface area contributed by atoms with Crippen LogP contribution in [0.3, 0.4) is 0 Å². The molecule has 21 heavy (non-hydrogen) atoms. The maximum atomic E-state index is 13.3. The topological polar surface area (TPSA) is 55.1 Å². The molecular formula is C15H14FN5. The van der Waals surface area contributed by atoms with Crippen LogP contribution in [-0.2, 0) is 0 Å². The number of nitrogens with zero attached hydrogens (tertiary/aromatic N) is 4. The van der Waals surface area contributed by atoms with Crippen molar-refractivity contribution in [2.75, 3.05) is 5.32 Å². The van der Waals surface area contributed by atoms with Crippen molar-refractivity contribution in [3.05, 3.63) is 53.7 Å². The maximum Gasteiger partial charge on any atom is 0.254 e. The van der Waals surface area contributed by atoms with Crippen LogP contribution in [0.1, 0.15) is 23.6 Å². The fourth-order valence-electron chi connectivity index (χ4n) is 2.68. The van der Waals surface area contributed by atoms with Gasteiger partial charge in [0.1, 0.15) is 18.0 Å². The molecule has 0 radical (unpaired) electrons. The Kier molecular flexibility index (Phi) is 2.63. The van der Waals surface area contributed by atoms with E-state index in [0.717, 1.165) is 23.5 Å². The van der Waals surface area contributed by atoms with E-state index in [-0.39, 0.29) is 5.82 Å². The maximum absolute atomic E-state index is 13.3. The average molecular weight is 283 g/mol. The third-order valence-electron chi connectivity index (χ3n) is 3.78. The van der Waals surface area contributed by atoms with Gasteiger partial charge in [0.25, 0.3) is 5.78 Å². The summed E-state index contributed by atoms with van der Waals surface area (Å²) < 4.78 is 15.0. The molecule has 3 aromatic rings. The second kappa shape index (κ2) is 4.51. The number of benzene rings is 1. The zero-order valence-corrected chi connectivity index (χ0v) is 11.5. The molecular weight excluding hydrogens is 269 g/mol. The van der Waals surface area contributed by atoms with Crippen LogP contribution in [0.25, 0.3) is 5.78 Å². The van der Waals surface area contributed by atoms with Gasteiger partial charge in [-0.1, -0.05) is 12.1 Å². The van der Waals surface area contributed by atoms with E-state index in [0.29, 0.717) is 17.7 Å². The summed E-state index contributed by atoms with van der Waals surface area (Å²) in [6.07, 6.45) is 2.48. The van der Waals surface area contributed by atoms with Crippen molar-refractivity contribution in [2.24, 2.45) is 0 Å². The fraction of sp³-hybridized carbons (Fsp3) is 0.267. The average Bonchev–Trinajstić information content (AvgIpc) is 3.05. The Labute approximate surface area is 120 Å². The van der Waals surface area contributed by atoms with Crippen molar-refractivity contribution in [3.8, 4) is 0 Å². The molecule has 0 bridgehead atoms. The third kappa shape index (κ3) is 2.22. The number of fused-ring (bicyclic) bond motifs is 1. The zero-order chi connectivity index (χ0) is 14.4. The normalized spacial score (nSPS) is 20.7. The second-order valence-corrected chi connectivity index (χ2v) is 5.40. The summed E-state index contributed by atoms with van der Waals surface area (Å²) in [4.78, 5) is 8.42. The molecule has 6 heteroatoms. The van der Waals surface area contributed by atoms with Crippen molar-refractivity contribution in [1.82, 2.24) is 19.6 Å². The van der Waals surface area contributed by atoms with Crippen LogP contribution in [0, 0.1) is 12.7 Å². The molecule has 1 fully saturated rings. The molecule has 1 aliphatic carbocycles. The first-order valence-corrected chi connectivity index (χ1v) is 6.90. The number of rotatable bonds is 3. The Morgan fingerprint density at radius 3 is 3.10 bits per heavy atom. The first-order valence-electron chi connectivity index (χ1n) is 6.90. The standard InChI is InChI=1S/C15H14FN5/c1-9-5-14(21-15(19-9)17-8-18-21)20-13-7-12(13)10-3-2-4-11(16)6-10/h2-6,8,12-13,20H,7H2,1H3/t12-,13+/m0/s1. The van der Waals surface area contributed by atoms with Gasteiger partial charge in [-0.3, -0.25) is 0 Å². The van der Waals surface area contributed by atoms with E-state index < -0.39 is 0 Å². The van der Waals surface area contributed by atoms with E-state index in [9.17, 15) is 4.39 Å². The third-order valence-corrected chi connectivity index (χ3v) is 3.78. The van der Waals surface area contributed by atoms with Crippen LogP contribution in [0.2, 0.25) is 0 Å². The molecule has 0 amide bonds. The van der Waals surface area contributed by atoms with Crippen molar-refractivity contribution in [3.63, 3.8) is 0 Å². The first-order chi connectivity index (χ1) is 10.2. The minimum atomic E-state index is -0.184. The van der Waals surface area contributed by atoms with Gasteiger partial charge in [0, 0.05) is 23.7 Å². The van der Waals surface area contributed by atoms with Crippen LogP contribution in [0.4, 0.5) is 10.2 Å². The molecule has 1 saturated carbocycles. The molecule has 0 unspecified atom stereocenters. The Balaban J connectivity index is 1.58. The minimum absolute atomic E-state index is 0.184. The molecule has 0 aliphatic heterocycles. The molecule has 2 heterocycles. The van der Waals surface area contributed by atoms with Gasteiger partial charge in [-0.2, -0.15) is 14.6 Å². The summed E-state index contributed by atoms with van der Waals surface area (Å²) in [5.74, 6) is 1.61. The predicted molar refractivity (Wildman–Crippen MR) is 76.7 cm³/mol. The van der Waals surface area contributed by atoms with Crippen molar-refractivity contribution >= 4 is 11.6 Å². The van der Waals surface area contributed by atoms with E-state index in [1.165, 1.54) is 12.4 Å². The van der Waals surface area contributed by atoms with E-state index >= 15 is 0 Å². The highest BCUT2D eigenvalue weighted by Gasteiger charge is 2.39. The smallest absolute Gasteiger partial charge is 0.254 e. The predicted octanol–water partition coefficient (Wildman–Crippen LogP) is 2.54. The van der Waals surface area contributed by atoms with E-state index in [1.807, 2.05) is 19.1 Å². The molecule has 0 saturated heterocycles. The SMILES string of the molecule is Cc1cc(N[C@@H]2C[C@H]2c2cccc(F)c2)n2ncnc2n1. The van der Waals surface area contributed by atoms with Gasteiger partial charge >= 0.3 is 0 Å². The number of aryl methyl sites for hydroxylation is 1. The Bertz CT molecular complexity index is 813. The Morgan fingerprint density at radius 2 is 2.24 bits per heavy atom. The van der Waals surface area contributed by atoms with Crippen LogP contribution in [-0.4, -0.2) is 25.6 Å². The highest BCUT2D eigenvalue weighted by atomic mass is 19.1. The molecule has 4 rings (SSSR count). The van der Waals surface area contributed by atoms with Gasteiger partial charge in [-0.25, -0.2) is 9.37 Å². The molecule has 1 aliphatic rings. The lowest BCUT2D eigenvalue weighted by Crippen LogP contribution is -2.10. The summed E-state index contributed by atoms with van der Waals surface area (Å²) in [6, 6.07) is 9.04. The Morgan fingerprint density at radius 1 is 1.33 bits per heavy atom.